The lowest BCUT2D eigenvalue weighted by molar-refractivity contribution is -0.142. The van der Waals surface area contributed by atoms with Crippen LogP contribution in [0.25, 0.3) is 0 Å². The molecular weight excluding hydrogens is 322 g/mol. The van der Waals surface area contributed by atoms with E-state index in [-0.39, 0.29) is 24.2 Å². The van der Waals surface area contributed by atoms with Crippen LogP contribution in [-0.2, 0) is 17.8 Å². The number of aromatic nitrogens is 1. The van der Waals surface area contributed by atoms with Crippen molar-refractivity contribution in [3.8, 4) is 0 Å². The molecule has 0 unspecified atom stereocenters. The van der Waals surface area contributed by atoms with Gasteiger partial charge in [0.25, 0.3) is 11.8 Å². The van der Waals surface area contributed by atoms with Gasteiger partial charge in [0.1, 0.15) is 11.7 Å². The van der Waals surface area contributed by atoms with Crippen molar-refractivity contribution in [3.63, 3.8) is 0 Å². The fraction of sp³-hybridized carbons (Fsp3) is 0.222. The first-order chi connectivity index (χ1) is 11.9. The normalized spacial score (nSPS) is 16.2. The van der Waals surface area contributed by atoms with Crippen molar-refractivity contribution in [2.24, 2.45) is 5.73 Å². The second-order valence-electron chi connectivity index (χ2n) is 6.01. The van der Waals surface area contributed by atoms with Gasteiger partial charge >= 0.3 is 5.97 Å². The second kappa shape index (κ2) is 6.35. The first kappa shape index (κ1) is 16.6. The van der Waals surface area contributed by atoms with Crippen LogP contribution in [0.1, 0.15) is 37.5 Å². The van der Waals surface area contributed by atoms with Crippen LogP contribution in [0.15, 0.2) is 36.5 Å². The number of nitrogens with two attached hydrogens (primary N) is 1. The number of hydrogen-bond donors (Lipinski definition) is 2. The maximum Gasteiger partial charge on any atom is 0.326 e. The van der Waals surface area contributed by atoms with Crippen molar-refractivity contribution < 1.29 is 19.5 Å². The van der Waals surface area contributed by atoms with Gasteiger partial charge < -0.3 is 15.7 Å². The molecule has 7 heteroatoms. The van der Waals surface area contributed by atoms with Crippen LogP contribution in [0.3, 0.4) is 0 Å². The number of amides is 2. The SMILES string of the molecule is Cc1cc(C(=O)N2Cc3ccccc3C[C@H]2C(=O)O)ncc1C(N)=O. The predicted molar refractivity (Wildman–Crippen MR) is 88.9 cm³/mol. The van der Waals surface area contributed by atoms with E-state index >= 15 is 0 Å². The van der Waals surface area contributed by atoms with Gasteiger partial charge in [0.05, 0.1) is 5.56 Å². The Bertz CT molecular complexity index is 878. The Balaban J connectivity index is 1.96. The lowest BCUT2D eigenvalue weighted by Gasteiger charge is -2.34. The Hall–Kier alpha value is -3.22. The molecule has 2 amide bonds. The highest BCUT2D eigenvalue weighted by Crippen LogP contribution is 2.25. The number of pyridine rings is 1. The number of aryl methyl sites for hydroxylation is 1. The molecular formula is C18H17N3O4. The third-order valence-electron chi connectivity index (χ3n) is 4.39. The molecule has 1 aliphatic heterocycles. The molecule has 1 aromatic heterocycles. The quantitative estimate of drug-likeness (QED) is 0.870. The minimum atomic E-state index is -1.06. The van der Waals surface area contributed by atoms with Crippen LogP contribution in [0, 0.1) is 6.92 Å². The summed E-state index contributed by atoms with van der Waals surface area (Å²) < 4.78 is 0. The third kappa shape index (κ3) is 3.08. The van der Waals surface area contributed by atoms with Crippen molar-refractivity contribution in [1.29, 1.82) is 0 Å². The minimum absolute atomic E-state index is 0.0909. The van der Waals surface area contributed by atoms with Gasteiger partial charge in [-0.25, -0.2) is 4.79 Å². The highest BCUT2D eigenvalue weighted by molar-refractivity contribution is 5.98. The Morgan fingerprint density at radius 3 is 2.52 bits per heavy atom. The largest absolute Gasteiger partial charge is 0.480 e. The first-order valence-electron chi connectivity index (χ1n) is 7.75. The summed E-state index contributed by atoms with van der Waals surface area (Å²) in [7, 11) is 0. The van der Waals surface area contributed by atoms with Crippen LogP contribution in [0.2, 0.25) is 0 Å². The standard InChI is InChI=1S/C18H17N3O4/c1-10-6-14(20-8-13(10)16(19)22)17(23)21-9-12-5-3-2-4-11(12)7-15(21)18(24)25/h2-6,8,15H,7,9H2,1H3,(H2,19,22)(H,24,25)/t15-/m0/s1. The van der Waals surface area contributed by atoms with E-state index in [4.69, 9.17) is 5.73 Å². The average Bonchev–Trinajstić information content (AvgIpc) is 2.59. The Morgan fingerprint density at radius 2 is 1.92 bits per heavy atom. The number of benzene rings is 1. The number of aliphatic carboxylic acids is 1. The lowest BCUT2D eigenvalue weighted by atomic mass is 9.93. The molecule has 3 rings (SSSR count). The number of carboxylic acids is 1. The van der Waals surface area contributed by atoms with Gasteiger partial charge in [-0.15, -0.1) is 0 Å². The van der Waals surface area contributed by atoms with Crippen LogP contribution in [0.5, 0.6) is 0 Å². The Kier molecular flexibility index (Phi) is 4.22. The van der Waals surface area contributed by atoms with Crippen LogP contribution in [0.4, 0.5) is 0 Å². The molecule has 0 aliphatic carbocycles. The van der Waals surface area contributed by atoms with Crippen LogP contribution >= 0.6 is 0 Å². The van der Waals surface area contributed by atoms with Crippen molar-refractivity contribution in [2.45, 2.75) is 25.9 Å². The van der Waals surface area contributed by atoms with Gasteiger partial charge in [-0.3, -0.25) is 14.6 Å². The molecule has 0 saturated heterocycles. The summed E-state index contributed by atoms with van der Waals surface area (Å²) in [6, 6.07) is 7.96. The monoisotopic (exact) mass is 339 g/mol. The molecule has 2 heterocycles. The number of carbonyl (C=O) groups is 3. The molecule has 128 valence electrons. The van der Waals surface area contributed by atoms with E-state index in [1.54, 1.807) is 6.92 Å². The third-order valence-corrected chi connectivity index (χ3v) is 4.39. The number of hydrogen-bond acceptors (Lipinski definition) is 4. The van der Waals surface area contributed by atoms with Gasteiger partial charge in [-0.1, -0.05) is 24.3 Å². The number of nitrogens with zero attached hydrogens (tertiary/aromatic N) is 2. The zero-order valence-electron chi connectivity index (χ0n) is 13.6. The van der Waals surface area contributed by atoms with E-state index in [9.17, 15) is 19.5 Å². The summed E-state index contributed by atoms with van der Waals surface area (Å²) in [6.07, 6.45) is 1.49. The summed E-state index contributed by atoms with van der Waals surface area (Å²) in [4.78, 5) is 41.1. The average molecular weight is 339 g/mol. The van der Waals surface area contributed by atoms with Gasteiger partial charge in [0, 0.05) is 19.2 Å². The maximum absolute atomic E-state index is 12.8. The number of primary amides is 1. The fourth-order valence-electron chi connectivity index (χ4n) is 3.04. The maximum atomic E-state index is 12.8. The van der Waals surface area contributed by atoms with Crippen molar-refractivity contribution in [2.75, 3.05) is 0 Å². The highest BCUT2D eigenvalue weighted by Gasteiger charge is 2.35. The number of rotatable bonds is 3. The predicted octanol–water partition coefficient (Wildman–Crippen LogP) is 1.14. The van der Waals surface area contributed by atoms with Gasteiger partial charge in [-0.05, 0) is 29.7 Å². The van der Waals surface area contributed by atoms with Crippen molar-refractivity contribution >= 4 is 17.8 Å². The van der Waals surface area contributed by atoms with Crippen LogP contribution in [-0.4, -0.2) is 38.8 Å². The summed E-state index contributed by atoms with van der Waals surface area (Å²) >= 11 is 0. The van der Waals surface area contributed by atoms with Gasteiger partial charge in [0.15, 0.2) is 0 Å². The summed E-state index contributed by atoms with van der Waals surface area (Å²) in [5, 5.41) is 9.53. The molecule has 3 N–H and O–H groups in total. The van der Waals surface area contributed by atoms with Gasteiger partial charge in [-0.2, -0.15) is 0 Å². The molecule has 7 nitrogen and oxygen atoms in total. The molecule has 1 aliphatic rings. The molecule has 0 fully saturated rings. The summed E-state index contributed by atoms with van der Waals surface area (Å²) in [5.74, 6) is -2.17. The summed E-state index contributed by atoms with van der Waals surface area (Å²) in [5.41, 5.74) is 7.93. The van der Waals surface area contributed by atoms with Gasteiger partial charge in [0.2, 0.25) is 0 Å². The number of fused-ring (bicyclic) bond motifs is 1. The smallest absolute Gasteiger partial charge is 0.326 e. The molecule has 25 heavy (non-hydrogen) atoms. The Morgan fingerprint density at radius 1 is 1.24 bits per heavy atom. The molecule has 0 radical (unpaired) electrons. The van der Waals surface area contributed by atoms with E-state index < -0.39 is 23.8 Å². The van der Waals surface area contributed by atoms with Crippen molar-refractivity contribution in [1.82, 2.24) is 9.88 Å². The highest BCUT2D eigenvalue weighted by atomic mass is 16.4. The van der Waals surface area contributed by atoms with E-state index in [0.717, 1.165) is 11.1 Å². The molecule has 0 spiro atoms. The van der Waals surface area contributed by atoms with E-state index in [2.05, 4.69) is 4.98 Å². The second-order valence-corrected chi connectivity index (χ2v) is 6.01. The number of carboxylic acid groups (broad SMARTS) is 1. The molecule has 2 aromatic rings. The van der Waals surface area contributed by atoms with Crippen molar-refractivity contribution in [3.05, 3.63) is 64.5 Å². The molecule has 0 saturated carbocycles. The number of carbonyl (C=O) groups excluding carboxylic acids is 2. The minimum Gasteiger partial charge on any atom is -0.480 e. The van der Waals surface area contributed by atoms with E-state index in [0.29, 0.717) is 5.56 Å². The zero-order valence-corrected chi connectivity index (χ0v) is 13.6. The zero-order chi connectivity index (χ0) is 18.1. The molecule has 1 aromatic carbocycles. The van der Waals surface area contributed by atoms with E-state index in [1.807, 2.05) is 24.3 Å². The topological polar surface area (TPSA) is 114 Å². The summed E-state index contributed by atoms with van der Waals surface area (Å²) in [6.45, 7) is 1.85. The fourth-order valence-corrected chi connectivity index (χ4v) is 3.04. The molecule has 1 atom stereocenters. The molecule has 0 bridgehead atoms. The first-order valence-corrected chi connectivity index (χ1v) is 7.75. The lowest BCUT2D eigenvalue weighted by Crippen LogP contribution is -2.48. The Labute approximate surface area is 144 Å². The van der Waals surface area contributed by atoms with E-state index in [1.165, 1.54) is 17.2 Å². The van der Waals surface area contributed by atoms with Crippen LogP contribution < -0.4 is 5.73 Å².